The number of primary sulfonamides is 1. The number of carboxylic acids is 1. The lowest BCUT2D eigenvalue weighted by molar-refractivity contribution is -0.145. The first-order valence-corrected chi connectivity index (χ1v) is 24.2. The van der Waals surface area contributed by atoms with Crippen LogP contribution in [-0.4, -0.2) is 139 Å². The van der Waals surface area contributed by atoms with E-state index in [1.165, 1.54) is 38.0 Å². The molecule has 0 amide bonds. The Labute approximate surface area is 375 Å². The molecule has 1 aliphatic heterocycles. The maximum absolute atomic E-state index is 10.5. The summed E-state index contributed by atoms with van der Waals surface area (Å²) in [6.45, 7) is 30.8. The minimum Gasteiger partial charge on any atom is -0.481 e. The lowest BCUT2D eigenvalue weighted by Crippen LogP contribution is -2.39. The van der Waals surface area contributed by atoms with E-state index >= 15 is 0 Å². The largest absolute Gasteiger partial charge is 0.481 e. The fourth-order valence-electron chi connectivity index (χ4n) is 3.54. The normalized spacial score (nSPS) is 18.5. The van der Waals surface area contributed by atoms with Crippen molar-refractivity contribution in [3.8, 4) is 0 Å². The number of nitrogens with two attached hydrogens (primary N) is 3. The molecule has 63 heavy (non-hydrogen) atoms. The van der Waals surface area contributed by atoms with E-state index in [0.717, 1.165) is 6.26 Å². The number of aliphatic carboxylic acids is 1. The smallest absolute Gasteiger partial charge is 0.308 e. The van der Waals surface area contributed by atoms with Gasteiger partial charge in [0.05, 0.1) is 39.6 Å². The second-order valence-electron chi connectivity index (χ2n) is 20.3. The highest BCUT2D eigenvalue weighted by Crippen LogP contribution is 2.32. The van der Waals surface area contributed by atoms with Crippen LogP contribution in [0.4, 0.5) is 5.82 Å². The highest BCUT2D eigenvalue weighted by atomic mass is 32.2. The third kappa shape index (κ3) is 28.2. The van der Waals surface area contributed by atoms with Gasteiger partial charge < -0.3 is 41.9 Å². The summed E-state index contributed by atoms with van der Waals surface area (Å²) in [6.07, 6.45) is -0.0391. The van der Waals surface area contributed by atoms with Crippen molar-refractivity contribution in [1.29, 1.82) is 0 Å². The molecule has 0 aliphatic carbocycles. The third-order valence-corrected chi connectivity index (χ3v) is 11.1. The van der Waals surface area contributed by atoms with Gasteiger partial charge in [0, 0.05) is 11.1 Å². The molecule has 372 valence electrons. The van der Waals surface area contributed by atoms with Gasteiger partial charge in [0.25, 0.3) is 10.1 Å². The molecule has 3 heterocycles. The van der Waals surface area contributed by atoms with E-state index < -0.39 is 75.6 Å². The minimum atomic E-state index is -3.84. The highest BCUT2D eigenvalue weighted by Gasteiger charge is 2.44. The van der Waals surface area contributed by atoms with Crippen molar-refractivity contribution >= 4 is 59.1 Å². The molecular weight excluding hydrogens is 889 g/mol. The molecule has 0 aromatic carbocycles. The lowest BCUT2D eigenvalue weighted by Gasteiger charge is -2.21. The SMILES string of the molecule is CC(C)(C)C(=O)O.CC(C)(C)N=C(N)N.CC(C)(C)NS(C)(=O)=O.CC(C)(C)Nc1ncnc2c1ncn2[C@@H]1O[C@H](CO)C(O)[C@@H]1O.CC(C)(C)S(=O)(=O)O.CC(C)(C)S(N)(=O)=O. The summed E-state index contributed by atoms with van der Waals surface area (Å²) in [7, 11) is -10.2. The van der Waals surface area contributed by atoms with Gasteiger partial charge in [-0.15, -0.1) is 0 Å². The summed E-state index contributed by atoms with van der Waals surface area (Å²) in [5.41, 5.74) is 9.95. The van der Waals surface area contributed by atoms with E-state index in [-0.39, 0.29) is 29.2 Å². The number of imidazole rings is 1. The predicted octanol–water partition coefficient (Wildman–Crippen LogP) is 1.90. The number of anilines is 1. The number of hydrogen-bond acceptors (Lipinski definition) is 16. The standard InChI is InChI=1S/C14H21N5O4.C5H13N3.C5H13NO2S.C5H10O2.C4H11NO2S.C4H10O3S/c1-14(2,3)18-11-8-12(16-5-15-11)19(6-17-8)13-10(22)9(21)7(4-20)23-13;1-5(2,3)8-4(6)7;1-5(2,3)6-9(4,7)8;1-5(2,3)4(6)7;2*1-4(2,3)8(5,6)7/h5-7,9-10,13,20-22H,4H2,1-3H3,(H,15,16,18);1-3H3,(H4,6,7,8);6H,1-4H3;1-3H3,(H,6,7);1-3H3,(H2,5,6,7);1-3H3,(H,5,6,7)/t7-,9?,10+,13-;;;;;/m1...../s1. The molecule has 23 nitrogen and oxygen atoms in total. The minimum absolute atomic E-state index is 0.140. The molecule has 4 atom stereocenters. The average molecular weight is 967 g/mol. The Kier molecular flexibility index (Phi) is 24.1. The van der Waals surface area contributed by atoms with Crippen molar-refractivity contribution < 1.29 is 59.8 Å². The van der Waals surface area contributed by atoms with E-state index in [0.29, 0.717) is 17.0 Å². The molecule has 3 rings (SSSR count). The second-order valence-corrected chi connectivity index (χ2v) is 26.5. The van der Waals surface area contributed by atoms with E-state index in [4.69, 9.17) is 31.0 Å². The van der Waals surface area contributed by atoms with Crippen molar-refractivity contribution in [1.82, 2.24) is 24.2 Å². The van der Waals surface area contributed by atoms with E-state index in [2.05, 4.69) is 30.0 Å². The molecule has 1 fully saturated rings. The van der Waals surface area contributed by atoms with Crippen molar-refractivity contribution in [2.45, 2.75) is 175 Å². The van der Waals surface area contributed by atoms with Crippen molar-refractivity contribution in [2.75, 3.05) is 18.2 Å². The Morgan fingerprint density at radius 2 is 1.21 bits per heavy atom. The van der Waals surface area contributed by atoms with Gasteiger partial charge in [0.1, 0.15) is 24.6 Å². The number of guanidine groups is 1. The Hall–Kier alpha value is -3.34. The number of sulfonamides is 2. The molecule has 13 N–H and O–H groups in total. The Morgan fingerprint density at radius 1 is 0.794 bits per heavy atom. The maximum Gasteiger partial charge on any atom is 0.308 e. The number of aromatic nitrogens is 4. The molecular formula is C37H78N10O13S3. The molecule has 0 bridgehead atoms. The van der Waals surface area contributed by atoms with Gasteiger partial charge in [-0.25, -0.2) is 46.6 Å². The number of nitrogens with one attached hydrogen (secondary N) is 2. The van der Waals surface area contributed by atoms with Crippen LogP contribution in [0.25, 0.3) is 11.2 Å². The molecule has 1 saturated heterocycles. The zero-order chi connectivity index (χ0) is 51.3. The summed E-state index contributed by atoms with van der Waals surface area (Å²) < 4.78 is 78.3. The van der Waals surface area contributed by atoms with E-state index in [1.54, 1.807) is 62.3 Å². The van der Waals surface area contributed by atoms with Gasteiger partial charge in [-0.05, 0) is 125 Å². The summed E-state index contributed by atoms with van der Waals surface area (Å²) in [5, 5.41) is 45.5. The van der Waals surface area contributed by atoms with Crippen LogP contribution in [0.3, 0.4) is 0 Å². The average Bonchev–Trinajstić information content (AvgIpc) is 3.53. The van der Waals surface area contributed by atoms with E-state index in [9.17, 15) is 45.4 Å². The first-order valence-electron chi connectivity index (χ1n) is 19.3. The van der Waals surface area contributed by atoms with Crippen LogP contribution in [-0.2, 0) is 39.7 Å². The van der Waals surface area contributed by atoms with Crippen LogP contribution >= 0.6 is 0 Å². The topological polar surface area (TPSA) is 388 Å². The molecule has 1 unspecified atom stereocenters. The van der Waals surface area contributed by atoms with E-state index in [1.807, 2.05) is 41.5 Å². The van der Waals surface area contributed by atoms with Gasteiger partial charge in [0.2, 0.25) is 20.0 Å². The quantitative estimate of drug-likeness (QED) is 0.119. The Bertz CT molecular complexity index is 2040. The first kappa shape index (κ1) is 63.9. The van der Waals surface area contributed by atoms with Gasteiger partial charge >= 0.3 is 5.97 Å². The van der Waals surface area contributed by atoms with Crippen LogP contribution in [0.5, 0.6) is 0 Å². The number of rotatable bonds is 4. The number of carboxylic acid groups (broad SMARTS) is 1. The number of nitrogens with zero attached hydrogens (tertiary/aromatic N) is 5. The van der Waals surface area contributed by atoms with Crippen LogP contribution in [0.1, 0.15) is 131 Å². The number of ether oxygens (including phenoxy) is 1. The number of fused-ring (bicyclic) bond motifs is 1. The van der Waals surface area contributed by atoms with Gasteiger partial charge in [-0.2, -0.15) is 8.42 Å². The summed E-state index contributed by atoms with van der Waals surface area (Å²) >= 11 is 0. The number of aliphatic imine (C=N–C) groups is 1. The van der Waals surface area contributed by atoms with Crippen molar-refractivity contribution in [2.24, 2.45) is 27.0 Å². The van der Waals surface area contributed by atoms with Crippen molar-refractivity contribution in [3.63, 3.8) is 0 Å². The zero-order valence-corrected chi connectivity index (χ0v) is 42.8. The summed E-state index contributed by atoms with van der Waals surface area (Å²) in [6, 6.07) is 0. The van der Waals surface area contributed by atoms with Crippen molar-refractivity contribution in [3.05, 3.63) is 12.7 Å². The summed E-state index contributed by atoms with van der Waals surface area (Å²) in [5.74, 6) is -0.0296. The van der Waals surface area contributed by atoms with Gasteiger partial charge in [-0.3, -0.25) is 13.9 Å². The fourth-order valence-corrected chi connectivity index (χ4v) is 4.65. The molecule has 0 radical (unpaired) electrons. The molecule has 26 heteroatoms. The van der Waals surface area contributed by atoms with Crippen LogP contribution < -0.4 is 26.6 Å². The lowest BCUT2D eigenvalue weighted by atomic mass is 9.98. The molecule has 0 saturated carbocycles. The fraction of sp³-hybridized carbons (Fsp3) is 0.811. The monoisotopic (exact) mass is 966 g/mol. The number of carbonyl (C=O) groups is 1. The van der Waals surface area contributed by atoms with Gasteiger partial charge in [-0.1, -0.05) is 0 Å². The number of aliphatic hydroxyl groups excluding tert-OH is 3. The van der Waals surface area contributed by atoms with Crippen LogP contribution in [0.2, 0.25) is 0 Å². The molecule has 0 spiro atoms. The molecule has 2 aromatic rings. The Balaban J connectivity index is -0.000000757. The van der Waals surface area contributed by atoms with Crippen LogP contribution in [0, 0.1) is 5.41 Å². The maximum atomic E-state index is 10.5. The second kappa shape index (κ2) is 23.7. The molecule has 2 aromatic heterocycles. The molecule has 1 aliphatic rings. The summed E-state index contributed by atoms with van der Waals surface area (Å²) in [4.78, 5) is 26.6. The third-order valence-electron chi connectivity index (χ3n) is 6.87. The first-order chi connectivity index (χ1) is 27.4. The zero-order valence-electron chi connectivity index (χ0n) is 40.4. The number of aliphatic hydroxyl groups is 3. The Morgan fingerprint density at radius 3 is 1.43 bits per heavy atom. The van der Waals surface area contributed by atoms with Crippen LogP contribution in [0.15, 0.2) is 17.6 Å². The highest BCUT2D eigenvalue weighted by molar-refractivity contribution is 7.90. The predicted molar refractivity (Wildman–Crippen MR) is 246 cm³/mol. The van der Waals surface area contributed by atoms with Gasteiger partial charge in [0.15, 0.2) is 29.2 Å². The number of hydrogen-bond donors (Lipinski definition) is 10.